The van der Waals surface area contributed by atoms with Crippen LogP contribution in [0, 0.1) is 5.92 Å². The molecule has 1 N–H and O–H groups in total. The molecule has 0 aromatic carbocycles. The number of nitrogens with one attached hydrogen (secondary N) is 1. The summed E-state index contributed by atoms with van der Waals surface area (Å²) in [6.45, 7) is 5.14. The Labute approximate surface area is 118 Å². The number of nitrogens with zero attached hydrogens (tertiary/aromatic N) is 1. The van der Waals surface area contributed by atoms with E-state index in [2.05, 4.69) is 17.1 Å². The zero-order valence-electron chi connectivity index (χ0n) is 12.5. The minimum absolute atomic E-state index is 0.357. The number of rotatable bonds is 5. The van der Waals surface area contributed by atoms with E-state index in [0.717, 1.165) is 25.6 Å². The predicted molar refractivity (Wildman–Crippen MR) is 79.1 cm³/mol. The highest BCUT2D eigenvalue weighted by atomic mass is 16.2. The summed E-state index contributed by atoms with van der Waals surface area (Å²) < 4.78 is 0. The molecule has 1 saturated carbocycles. The van der Waals surface area contributed by atoms with Crippen LogP contribution in [-0.4, -0.2) is 36.5 Å². The number of piperidine rings is 1. The molecular weight excluding hydrogens is 236 g/mol. The zero-order valence-corrected chi connectivity index (χ0v) is 12.5. The summed E-state index contributed by atoms with van der Waals surface area (Å²) in [5, 5.41) is 3.65. The van der Waals surface area contributed by atoms with Gasteiger partial charge in [-0.25, -0.2) is 0 Å². The van der Waals surface area contributed by atoms with Crippen molar-refractivity contribution in [2.45, 2.75) is 70.8 Å². The molecule has 2 unspecified atom stereocenters. The highest BCUT2D eigenvalue weighted by molar-refractivity contribution is 5.76. The van der Waals surface area contributed by atoms with Crippen molar-refractivity contribution in [3.8, 4) is 0 Å². The molecule has 0 spiro atoms. The van der Waals surface area contributed by atoms with Gasteiger partial charge >= 0.3 is 0 Å². The number of likely N-dealkylation sites (tertiary alicyclic amines) is 1. The minimum atomic E-state index is 0.357. The average molecular weight is 266 g/mol. The Morgan fingerprint density at radius 3 is 2.58 bits per heavy atom. The van der Waals surface area contributed by atoms with E-state index in [1.54, 1.807) is 0 Å². The first-order valence-electron chi connectivity index (χ1n) is 8.32. The summed E-state index contributed by atoms with van der Waals surface area (Å²) in [7, 11) is 0. The molecule has 1 heterocycles. The largest absolute Gasteiger partial charge is 0.343 e. The third kappa shape index (κ3) is 4.48. The molecule has 2 rings (SSSR count). The van der Waals surface area contributed by atoms with Crippen molar-refractivity contribution < 1.29 is 4.79 Å². The molecule has 110 valence electrons. The van der Waals surface area contributed by atoms with Crippen LogP contribution in [0.2, 0.25) is 0 Å². The summed E-state index contributed by atoms with van der Waals surface area (Å²) in [6, 6.07) is 0.660. The zero-order chi connectivity index (χ0) is 13.5. The number of hydrogen-bond acceptors (Lipinski definition) is 2. The lowest BCUT2D eigenvalue weighted by Crippen LogP contribution is -2.41. The van der Waals surface area contributed by atoms with Crippen LogP contribution in [0.1, 0.15) is 64.7 Å². The third-order valence-corrected chi connectivity index (χ3v) is 4.89. The van der Waals surface area contributed by atoms with E-state index in [-0.39, 0.29) is 0 Å². The fourth-order valence-corrected chi connectivity index (χ4v) is 3.63. The van der Waals surface area contributed by atoms with Gasteiger partial charge in [-0.15, -0.1) is 0 Å². The van der Waals surface area contributed by atoms with Crippen LogP contribution in [0.3, 0.4) is 0 Å². The predicted octanol–water partition coefficient (Wildman–Crippen LogP) is 2.95. The molecule has 2 atom stereocenters. The van der Waals surface area contributed by atoms with Crippen molar-refractivity contribution in [1.82, 2.24) is 10.2 Å². The van der Waals surface area contributed by atoms with Crippen LogP contribution in [-0.2, 0) is 4.79 Å². The Kier molecular flexibility index (Phi) is 6.15. The molecule has 19 heavy (non-hydrogen) atoms. The monoisotopic (exact) mass is 266 g/mol. The summed E-state index contributed by atoms with van der Waals surface area (Å²) in [5.41, 5.74) is 0. The van der Waals surface area contributed by atoms with Crippen molar-refractivity contribution >= 4 is 5.91 Å². The van der Waals surface area contributed by atoms with Crippen LogP contribution in [0.4, 0.5) is 0 Å². The van der Waals surface area contributed by atoms with Crippen molar-refractivity contribution in [1.29, 1.82) is 0 Å². The standard InChI is InChI=1S/C16H30N2O/c1-2-14-8-4-5-9-15(14)17-11-10-16(19)18-12-6-3-7-13-18/h14-15,17H,2-13H2,1H3. The fraction of sp³-hybridized carbons (Fsp3) is 0.938. The molecule has 2 aliphatic rings. The van der Waals surface area contributed by atoms with E-state index >= 15 is 0 Å². The van der Waals surface area contributed by atoms with Crippen LogP contribution in [0.25, 0.3) is 0 Å². The van der Waals surface area contributed by atoms with Gasteiger partial charge in [0, 0.05) is 32.1 Å². The molecule has 0 bridgehead atoms. The molecule has 0 aromatic rings. The summed E-state index contributed by atoms with van der Waals surface area (Å²) in [4.78, 5) is 14.1. The van der Waals surface area contributed by atoms with E-state index in [1.807, 2.05) is 0 Å². The topological polar surface area (TPSA) is 32.3 Å². The summed E-state index contributed by atoms with van der Waals surface area (Å²) in [6.07, 6.45) is 11.1. The quantitative estimate of drug-likeness (QED) is 0.830. The van der Waals surface area contributed by atoms with Crippen LogP contribution in [0.15, 0.2) is 0 Å². The maximum Gasteiger partial charge on any atom is 0.223 e. The number of carbonyl (C=O) groups excluding carboxylic acids is 1. The van der Waals surface area contributed by atoms with Crippen molar-refractivity contribution in [3.63, 3.8) is 0 Å². The first kappa shape index (κ1) is 14.8. The second-order valence-electron chi connectivity index (χ2n) is 6.20. The van der Waals surface area contributed by atoms with Gasteiger partial charge in [-0.2, -0.15) is 0 Å². The lowest BCUT2D eigenvalue weighted by molar-refractivity contribution is -0.132. The van der Waals surface area contributed by atoms with Crippen LogP contribution in [0.5, 0.6) is 0 Å². The first-order chi connectivity index (χ1) is 9.31. The molecule has 2 fully saturated rings. The van der Waals surface area contributed by atoms with Gasteiger partial charge in [0.2, 0.25) is 5.91 Å². The van der Waals surface area contributed by atoms with E-state index in [9.17, 15) is 4.79 Å². The van der Waals surface area contributed by atoms with Crippen molar-refractivity contribution in [3.05, 3.63) is 0 Å². The Bertz CT molecular complexity index is 274. The molecule has 1 amide bonds. The molecule has 0 aromatic heterocycles. The Balaban J connectivity index is 1.65. The molecular formula is C16H30N2O. The minimum Gasteiger partial charge on any atom is -0.343 e. The van der Waals surface area contributed by atoms with Gasteiger partial charge in [0.25, 0.3) is 0 Å². The lowest BCUT2D eigenvalue weighted by Gasteiger charge is -2.32. The molecule has 0 radical (unpaired) electrons. The van der Waals surface area contributed by atoms with E-state index < -0.39 is 0 Å². The van der Waals surface area contributed by atoms with Gasteiger partial charge in [-0.3, -0.25) is 4.79 Å². The maximum atomic E-state index is 12.1. The lowest BCUT2D eigenvalue weighted by atomic mass is 9.83. The van der Waals surface area contributed by atoms with Crippen molar-refractivity contribution in [2.24, 2.45) is 5.92 Å². The smallest absolute Gasteiger partial charge is 0.223 e. The average Bonchev–Trinajstić information content (AvgIpc) is 2.48. The fourth-order valence-electron chi connectivity index (χ4n) is 3.63. The number of hydrogen-bond donors (Lipinski definition) is 1. The SMILES string of the molecule is CCC1CCCCC1NCCC(=O)N1CCCCC1. The molecule has 3 heteroatoms. The Morgan fingerprint density at radius 2 is 1.84 bits per heavy atom. The summed E-state index contributed by atoms with van der Waals surface area (Å²) >= 11 is 0. The second-order valence-corrected chi connectivity index (χ2v) is 6.20. The second kappa shape index (κ2) is 7.88. The first-order valence-corrected chi connectivity index (χ1v) is 8.32. The maximum absolute atomic E-state index is 12.1. The van der Waals surface area contributed by atoms with Gasteiger partial charge in [-0.1, -0.05) is 26.2 Å². The molecule has 1 saturated heterocycles. The van der Waals surface area contributed by atoms with E-state index in [4.69, 9.17) is 0 Å². The van der Waals surface area contributed by atoms with Gasteiger partial charge in [0.1, 0.15) is 0 Å². The molecule has 3 nitrogen and oxygen atoms in total. The molecule has 1 aliphatic heterocycles. The van der Waals surface area contributed by atoms with Crippen LogP contribution < -0.4 is 5.32 Å². The van der Waals surface area contributed by atoms with E-state index in [1.165, 1.54) is 51.4 Å². The van der Waals surface area contributed by atoms with Gasteiger partial charge < -0.3 is 10.2 Å². The Morgan fingerprint density at radius 1 is 1.11 bits per heavy atom. The number of carbonyl (C=O) groups is 1. The highest BCUT2D eigenvalue weighted by Gasteiger charge is 2.23. The number of amides is 1. The highest BCUT2D eigenvalue weighted by Crippen LogP contribution is 2.26. The summed E-state index contributed by atoms with van der Waals surface area (Å²) in [5.74, 6) is 1.19. The van der Waals surface area contributed by atoms with Gasteiger partial charge in [0.15, 0.2) is 0 Å². The normalized spacial score (nSPS) is 28.4. The molecule has 1 aliphatic carbocycles. The van der Waals surface area contributed by atoms with Crippen LogP contribution >= 0.6 is 0 Å². The van der Waals surface area contributed by atoms with E-state index in [0.29, 0.717) is 18.4 Å². The Hall–Kier alpha value is -0.570. The van der Waals surface area contributed by atoms with Gasteiger partial charge in [-0.05, 0) is 38.0 Å². The van der Waals surface area contributed by atoms with Gasteiger partial charge in [0.05, 0.1) is 0 Å². The third-order valence-electron chi connectivity index (χ3n) is 4.89. The van der Waals surface area contributed by atoms with Crippen molar-refractivity contribution in [2.75, 3.05) is 19.6 Å².